The topological polar surface area (TPSA) is 94.3 Å². The van der Waals surface area contributed by atoms with E-state index in [4.69, 9.17) is 0 Å². The van der Waals surface area contributed by atoms with E-state index in [9.17, 15) is 18.0 Å². The molecule has 0 aliphatic heterocycles. The van der Waals surface area contributed by atoms with Crippen LogP contribution in [0.5, 0.6) is 0 Å². The second-order valence-corrected chi connectivity index (χ2v) is 7.75. The van der Waals surface area contributed by atoms with Crippen LogP contribution in [-0.2, 0) is 30.7 Å². The van der Waals surface area contributed by atoms with E-state index in [-0.39, 0.29) is 17.5 Å². The first-order valence-electron chi connectivity index (χ1n) is 7.50. The van der Waals surface area contributed by atoms with Crippen molar-refractivity contribution < 1.29 is 8.42 Å². The van der Waals surface area contributed by atoms with E-state index < -0.39 is 21.3 Å². The largest absolute Gasteiger partial charge is 0.330 e. The minimum Gasteiger partial charge on any atom is -0.302 e. The van der Waals surface area contributed by atoms with Crippen LogP contribution in [0.4, 0.5) is 0 Å². The van der Waals surface area contributed by atoms with Crippen molar-refractivity contribution in [1.29, 1.82) is 0 Å². The molecule has 2 aromatic rings. The second-order valence-electron chi connectivity index (χ2n) is 5.89. The van der Waals surface area contributed by atoms with Crippen molar-refractivity contribution in [2.24, 2.45) is 14.1 Å². The second kappa shape index (κ2) is 5.99. The van der Waals surface area contributed by atoms with Crippen LogP contribution < -0.4 is 11.2 Å². The summed E-state index contributed by atoms with van der Waals surface area (Å²) in [5.74, 6) is 0. The molecule has 0 amide bonds. The highest BCUT2D eigenvalue weighted by Gasteiger charge is 2.39. The molecule has 0 aromatic carbocycles. The maximum Gasteiger partial charge on any atom is 0.330 e. The summed E-state index contributed by atoms with van der Waals surface area (Å²) in [6.07, 6.45) is 5.82. The normalized spacial score (nSPS) is 15.0. The number of aryl methyl sites for hydroxylation is 1. The van der Waals surface area contributed by atoms with Crippen molar-refractivity contribution in [2.45, 2.75) is 30.3 Å². The third kappa shape index (κ3) is 2.92. The third-order valence-electron chi connectivity index (χ3n) is 4.02. The predicted molar refractivity (Wildman–Crippen MR) is 86.9 cm³/mol. The predicted octanol–water partition coefficient (Wildman–Crippen LogP) is -0.168. The summed E-state index contributed by atoms with van der Waals surface area (Å²) in [6.45, 7) is 0.146. The Morgan fingerprint density at radius 2 is 2.00 bits per heavy atom. The van der Waals surface area contributed by atoms with Gasteiger partial charge in [-0.3, -0.25) is 14.3 Å². The molecule has 1 aliphatic rings. The molecule has 0 unspecified atom stereocenters. The minimum absolute atomic E-state index is 0.128. The molecule has 9 heteroatoms. The zero-order valence-electron chi connectivity index (χ0n) is 13.4. The SMILES string of the molecule is Cn1cc(S(=O)(=O)N(Cc2cccnc2)C2CC2)c(=O)n(C)c1=O. The fourth-order valence-electron chi connectivity index (χ4n) is 2.52. The number of pyridine rings is 1. The molecule has 0 saturated heterocycles. The molecule has 1 aliphatic carbocycles. The summed E-state index contributed by atoms with van der Waals surface area (Å²) in [7, 11) is -1.33. The third-order valence-corrected chi connectivity index (χ3v) is 5.90. The number of rotatable bonds is 5. The van der Waals surface area contributed by atoms with Gasteiger partial charge < -0.3 is 4.57 Å². The maximum absolute atomic E-state index is 13.0. The smallest absolute Gasteiger partial charge is 0.302 e. The number of hydrogen-bond donors (Lipinski definition) is 0. The Morgan fingerprint density at radius 3 is 2.58 bits per heavy atom. The summed E-state index contributed by atoms with van der Waals surface area (Å²) in [5.41, 5.74) is -0.631. The van der Waals surface area contributed by atoms with E-state index in [1.54, 1.807) is 24.5 Å². The van der Waals surface area contributed by atoms with Crippen LogP contribution in [0.2, 0.25) is 0 Å². The monoisotopic (exact) mass is 350 g/mol. The Kier molecular flexibility index (Phi) is 4.14. The summed E-state index contributed by atoms with van der Waals surface area (Å²) in [6, 6.07) is 3.40. The van der Waals surface area contributed by atoms with Crippen molar-refractivity contribution in [1.82, 2.24) is 18.4 Å². The first kappa shape index (κ1) is 16.6. The molecule has 8 nitrogen and oxygen atoms in total. The average Bonchev–Trinajstić information content (AvgIpc) is 3.39. The van der Waals surface area contributed by atoms with Gasteiger partial charge in [-0.25, -0.2) is 13.2 Å². The molecule has 0 bridgehead atoms. The fourth-order valence-corrected chi connectivity index (χ4v) is 4.35. The van der Waals surface area contributed by atoms with Crippen LogP contribution in [0.25, 0.3) is 0 Å². The first-order valence-corrected chi connectivity index (χ1v) is 8.94. The van der Waals surface area contributed by atoms with Crippen molar-refractivity contribution in [3.05, 3.63) is 57.1 Å². The zero-order valence-corrected chi connectivity index (χ0v) is 14.2. The minimum atomic E-state index is -4.02. The van der Waals surface area contributed by atoms with Crippen molar-refractivity contribution in [3.8, 4) is 0 Å². The van der Waals surface area contributed by atoms with Gasteiger partial charge in [-0.05, 0) is 24.5 Å². The van der Waals surface area contributed by atoms with Crippen molar-refractivity contribution >= 4 is 10.0 Å². The van der Waals surface area contributed by atoms with Gasteiger partial charge in [0.1, 0.15) is 0 Å². The highest BCUT2D eigenvalue weighted by Crippen LogP contribution is 2.32. The van der Waals surface area contributed by atoms with Gasteiger partial charge in [0.25, 0.3) is 15.6 Å². The summed E-state index contributed by atoms with van der Waals surface area (Å²) < 4.78 is 29.3. The molecule has 2 aromatic heterocycles. The average molecular weight is 350 g/mol. The van der Waals surface area contributed by atoms with Gasteiger partial charge in [-0.1, -0.05) is 6.07 Å². The van der Waals surface area contributed by atoms with E-state index in [1.807, 2.05) is 0 Å². The standard InChI is InChI=1S/C15H18N4O4S/c1-17-10-13(14(20)18(2)15(17)21)24(22,23)19(12-5-6-12)9-11-4-3-7-16-8-11/h3-4,7-8,10,12H,5-6,9H2,1-2H3. The lowest BCUT2D eigenvalue weighted by molar-refractivity contribution is 0.396. The van der Waals surface area contributed by atoms with Gasteiger partial charge in [0.05, 0.1) is 0 Å². The fraction of sp³-hybridized carbons (Fsp3) is 0.400. The molecule has 3 rings (SSSR count). The van der Waals surface area contributed by atoms with Gasteiger partial charge in [0.15, 0.2) is 4.90 Å². The van der Waals surface area contributed by atoms with E-state index in [0.29, 0.717) is 0 Å². The Balaban J connectivity index is 2.08. The highest BCUT2D eigenvalue weighted by atomic mass is 32.2. The Morgan fingerprint density at radius 1 is 1.29 bits per heavy atom. The van der Waals surface area contributed by atoms with E-state index in [0.717, 1.165) is 33.7 Å². The Labute approximate surface area is 139 Å². The zero-order chi connectivity index (χ0) is 17.5. The molecule has 128 valence electrons. The molecule has 0 atom stereocenters. The summed E-state index contributed by atoms with van der Waals surface area (Å²) >= 11 is 0. The van der Waals surface area contributed by atoms with Gasteiger partial charge in [0, 0.05) is 45.3 Å². The Bertz CT molecular complexity index is 975. The molecule has 1 fully saturated rings. The van der Waals surface area contributed by atoms with E-state index in [1.165, 1.54) is 18.4 Å². The lowest BCUT2D eigenvalue weighted by Crippen LogP contribution is -2.43. The van der Waals surface area contributed by atoms with Gasteiger partial charge in [0.2, 0.25) is 0 Å². The van der Waals surface area contributed by atoms with Crippen LogP contribution in [-0.4, -0.2) is 32.9 Å². The molecule has 24 heavy (non-hydrogen) atoms. The van der Waals surface area contributed by atoms with Crippen molar-refractivity contribution in [3.63, 3.8) is 0 Å². The molecule has 2 heterocycles. The molecule has 0 spiro atoms. The first-order chi connectivity index (χ1) is 11.3. The Hall–Kier alpha value is -2.26. The van der Waals surface area contributed by atoms with Crippen molar-refractivity contribution in [2.75, 3.05) is 0 Å². The molecule has 0 radical (unpaired) electrons. The van der Waals surface area contributed by atoms with Gasteiger partial charge in [-0.15, -0.1) is 0 Å². The molecule has 0 N–H and O–H groups in total. The quantitative estimate of drug-likeness (QED) is 0.746. The number of hydrogen-bond acceptors (Lipinski definition) is 5. The lowest BCUT2D eigenvalue weighted by atomic mass is 10.3. The van der Waals surface area contributed by atoms with E-state index in [2.05, 4.69) is 4.98 Å². The van der Waals surface area contributed by atoms with Crippen LogP contribution in [0.3, 0.4) is 0 Å². The molecular weight excluding hydrogens is 332 g/mol. The lowest BCUT2D eigenvalue weighted by Gasteiger charge is -2.22. The number of aromatic nitrogens is 3. The number of nitrogens with zero attached hydrogens (tertiary/aromatic N) is 4. The summed E-state index contributed by atoms with van der Waals surface area (Å²) in [5, 5.41) is 0. The van der Waals surface area contributed by atoms with Crippen LogP contribution in [0.1, 0.15) is 18.4 Å². The van der Waals surface area contributed by atoms with Crippen LogP contribution in [0.15, 0.2) is 45.2 Å². The van der Waals surface area contributed by atoms with Gasteiger partial charge >= 0.3 is 5.69 Å². The molecular formula is C15H18N4O4S. The van der Waals surface area contributed by atoms with Gasteiger partial charge in [-0.2, -0.15) is 4.31 Å². The van der Waals surface area contributed by atoms with E-state index >= 15 is 0 Å². The van der Waals surface area contributed by atoms with Crippen LogP contribution >= 0.6 is 0 Å². The van der Waals surface area contributed by atoms with Crippen LogP contribution in [0, 0.1) is 0 Å². The molecule has 1 saturated carbocycles. The highest BCUT2D eigenvalue weighted by molar-refractivity contribution is 7.89. The number of sulfonamides is 1. The summed E-state index contributed by atoms with van der Waals surface area (Å²) in [4.78, 5) is 27.7. The maximum atomic E-state index is 13.0.